The third-order valence-corrected chi connectivity index (χ3v) is 3.09. The fourth-order valence-corrected chi connectivity index (χ4v) is 1.97. The zero-order valence-corrected chi connectivity index (χ0v) is 9.05. The Morgan fingerprint density at radius 2 is 2.36 bits per heavy atom. The van der Waals surface area contributed by atoms with Gasteiger partial charge in [-0.25, -0.2) is 0 Å². The summed E-state index contributed by atoms with van der Waals surface area (Å²) in [6, 6.07) is 0. The summed E-state index contributed by atoms with van der Waals surface area (Å²) in [5, 5.41) is 9.23. The van der Waals surface area contributed by atoms with Crippen molar-refractivity contribution < 1.29 is 9.90 Å². The van der Waals surface area contributed by atoms with E-state index in [1.54, 1.807) is 0 Å². The van der Waals surface area contributed by atoms with Crippen molar-refractivity contribution in [3.8, 4) is 0 Å². The summed E-state index contributed by atoms with van der Waals surface area (Å²) in [6.45, 7) is 1.87. The van der Waals surface area contributed by atoms with E-state index in [0.717, 1.165) is 12.0 Å². The molecule has 1 N–H and O–H groups in total. The highest BCUT2D eigenvalue weighted by Crippen LogP contribution is 2.38. The number of allylic oxidation sites excluding steroid dienone is 3. The van der Waals surface area contributed by atoms with Crippen LogP contribution in [-0.2, 0) is 4.79 Å². The van der Waals surface area contributed by atoms with Crippen molar-refractivity contribution in [2.45, 2.75) is 32.6 Å². The Bertz CT molecular complexity index is 281. The van der Waals surface area contributed by atoms with Crippen molar-refractivity contribution in [2.75, 3.05) is 0 Å². The van der Waals surface area contributed by atoms with Crippen LogP contribution >= 0.6 is 11.6 Å². The average molecular weight is 215 g/mol. The number of carboxylic acid groups (broad SMARTS) is 1. The summed E-state index contributed by atoms with van der Waals surface area (Å²) in [4.78, 5) is 11.2. The molecule has 0 fully saturated rings. The van der Waals surface area contributed by atoms with E-state index in [4.69, 9.17) is 11.6 Å². The lowest BCUT2D eigenvalue weighted by Crippen LogP contribution is -2.32. The number of carbonyl (C=O) groups is 1. The quantitative estimate of drug-likeness (QED) is 0.732. The maximum absolute atomic E-state index is 11.2. The highest BCUT2D eigenvalue weighted by atomic mass is 35.5. The molecule has 3 heteroatoms. The summed E-state index contributed by atoms with van der Waals surface area (Å²) >= 11 is 5.56. The van der Waals surface area contributed by atoms with Gasteiger partial charge in [0.05, 0.1) is 5.41 Å². The molecule has 0 heterocycles. The molecule has 0 bridgehead atoms. The smallest absolute Gasteiger partial charge is 0.310 e. The topological polar surface area (TPSA) is 37.3 Å². The van der Waals surface area contributed by atoms with E-state index in [-0.39, 0.29) is 0 Å². The lowest BCUT2D eigenvalue weighted by Gasteiger charge is -2.30. The lowest BCUT2D eigenvalue weighted by atomic mass is 9.73. The van der Waals surface area contributed by atoms with Crippen LogP contribution in [0.15, 0.2) is 23.3 Å². The van der Waals surface area contributed by atoms with Crippen molar-refractivity contribution in [1.82, 2.24) is 0 Å². The van der Waals surface area contributed by atoms with Crippen LogP contribution in [0.5, 0.6) is 0 Å². The third-order valence-electron chi connectivity index (χ3n) is 2.72. The molecule has 78 valence electrons. The van der Waals surface area contributed by atoms with Gasteiger partial charge in [0, 0.05) is 5.54 Å². The minimum Gasteiger partial charge on any atom is -0.481 e. The van der Waals surface area contributed by atoms with E-state index < -0.39 is 11.4 Å². The molecular formula is C11H15ClO2. The maximum Gasteiger partial charge on any atom is 0.310 e. The van der Waals surface area contributed by atoms with Crippen LogP contribution in [0.4, 0.5) is 0 Å². The first-order chi connectivity index (χ1) is 6.60. The fraction of sp³-hybridized carbons (Fsp3) is 0.545. The van der Waals surface area contributed by atoms with Crippen LogP contribution in [-0.4, -0.2) is 11.1 Å². The molecule has 0 aliphatic heterocycles. The van der Waals surface area contributed by atoms with Crippen LogP contribution in [0, 0.1) is 5.41 Å². The Kier molecular flexibility index (Phi) is 3.76. The molecule has 14 heavy (non-hydrogen) atoms. The molecule has 0 spiro atoms. The number of halogens is 1. The van der Waals surface area contributed by atoms with Crippen LogP contribution in [0.25, 0.3) is 0 Å². The minimum absolute atomic E-state index is 0.552. The molecule has 0 aromatic rings. The van der Waals surface area contributed by atoms with Gasteiger partial charge in [-0.15, -0.1) is 0 Å². The Hall–Kier alpha value is -0.760. The van der Waals surface area contributed by atoms with Crippen molar-refractivity contribution in [2.24, 2.45) is 5.41 Å². The molecule has 1 unspecified atom stereocenters. The zero-order valence-electron chi connectivity index (χ0n) is 8.29. The van der Waals surface area contributed by atoms with Crippen molar-refractivity contribution in [3.63, 3.8) is 0 Å². The van der Waals surface area contributed by atoms with Gasteiger partial charge in [-0.2, -0.15) is 0 Å². The molecule has 0 aromatic carbocycles. The van der Waals surface area contributed by atoms with E-state index in [0.29, 0.717) is 19.3 Å². The average Bonchev–Trinajstić information content (AvgIpc) is 2.19. The predicted octanol–water partition coefficient (Wildman–Crippen LogP) is 3.33. The van der Waals surface area contributed by atoms with Crippen LogP contribution in [0.1, 0.15) is 32.6 Å². The maximum atomic E-state index is 11.2. The number of hydrogen-bond acceptors (Lipinski definition) is 1. The van der Waals surface area contributed by atoms with Crippen LogP contribution in [0.2, 0.25) is 0 Å². The monoisotopic (exact) mass is 214 g/mol. The van der Waals surface area contributed by atoms with Crippen LogP contribution in [0.3, 0.4) is 0 Å². The highest BCUT2D eigenvalue weighted by Gasteiger charge is 2.37. The molecule has 0 amide bonds. The number of rotatable bonds is 3. The van der Waals surface area contributed by atoms with Gasteiger partial charge < -0.3 is 5.11 Å². The van der Waals surface area contributed by atoms with Gasteiger partial charge in [-0.05, 0) is 32.6 Å². The van der Waals surface area contributed by atoms with Gasteiger partial charge in [0.15, 0.2) is 0 Å². The normalized spacial score (nSPS) is 27.7. The molecule has 0 saturated carbocycles. The number of aliphatic carboxylic acids is 1. The summed E-state index contributed by atoms with van der Waals surface area (Å²) in [5.41, 5.74) is 1.79. The van der Waals surface area contributed by atoms with Crippen LogP contribution < -0.4 is 0 Å². The van der Waals surface area contributed by atoms with E-state index in [2.05, 4.69) is 0 Å². The summed E-state index contributed by atoms with van der Waals surface area (Å²) in [7, 11) is 0. The Morgan fingerprint density at radius 1 is 1.64 bits per heavy atom. The SMILES string of the molecule is C/C(=C/Cl)CC1(C(=O)O)CC=CCC1. The Balaban J connectivity index is 2.82. The molecule has 2 nitrogen and oxygen atoms in total. The molecule has 1 aliphatic rings. The largest absolute Gasteiger partial charge is 0.481 e. The molecular weight excluding hydrogens is 200 g/mol. The zero-order chi connectivity index (χ0) is 10.6. The van der Waals surface area contributed by atoms with Gasteiger partial charge in [-0.1, -0.05) is 29.3 Å². The second-order valence-electron chi connectivity index (χ2n) is 3.93. The van der Waals surface area contributed by atoms with Gasteiger partial charge in [-0.3, -0.25) is 4.79 Å². The number of carboxylic acids is 1. The van der Waals surface area contributed by atoms with Crippen molar-refractivity contribution in [3.05, 3.63) is 23.3 Å². The Morgan fingerprint density at radius 3 is 2.79 bits per heavy atom. The first-order valence-electron chi connectivity index (χ1n) is 4.75. The predicted molar refractivity (Wildman–Crippen MR) is 57.3 cm³/mol. The minimum atomic E-state index is -0.709. The van der Waals surface area contributed by atoms with Gasteiger partial charge >= 0.3 is 5.97 Å². The summed E-state index contributed by atoms with van der Waals surface area (Å²) in [6.07, 6.45) is 6.73. The molecule has 0 saturated heterocycles. The van der Waals surface area contributed by atoms with Gasteiger partial charge in [0.25, 0.3) is 0 Å². The van der Waals surface area contributed by atoms with E-state index in [1.807, 2.05) is 19.1 Å². The van der Waals surface area contributed by atoms with Crippen molar-refractivity contribution in [1.29, 1.82) is 0 Å². The fourth-order valence-electron chi connectivity index (χ4n) is 1.89. The summed E-state index contributed by atoms with van der Waals surface area (Å²) < 4.78 is 0. The molecule has 1 atom stereocenters. The van der Waals surface area contributed by atoms with E-state index in [1.165, 1.54) is 5.54 Å². The van der Waals surface area contributed by atoms with E-state index in [9.17, 15) is 9.90 Å². The van der Waals surface area contributed by atoms with E-state index >= 15 is 0 Å². The molecule has 1 rings (SSSR count). The molecule has 1 aliphatic carbocycles. The highest BCUT2D eigenvalue weighted by molar-refractivity contribution is 6.25. The molecule has 0 radical (unpaired) electrons. The number of hydrogen-bond donors (Lipinski definition) is 1. The second-order valence-corrected chi connectivity index (χ2v) is 4.15. The lowest BCUT2D eigenvalue weighted by molar-refractivity contribution is -0.149. The Labute approximate surface area is 89.3 Å². The first-order valence-corrected chi connectivity index (χ1v) is 5.19. The molecule has 0 aromatic heterocycles. The van der Waals surface area contributed by atoms with Crippen molar-refractivity contribution >= 4 is 17.6 Å². The second kappa shape index (κ2) is 4.65. The van der Waals surface area contributed by atoms with Gasteiger partial charge in [0.2, 0.25) is 0 Å². The summed E-state index contributed by atoms with van der Waals surface area (Å²) in [5.74, 6) is -0.709. The first kappa shape index (κ1) is 11.3. The third kappa shape index (κ3) is 2.38. The standard InChI is InChI=1S/C11H15ClO2/c1-9(8-12)7-11(10(13)14)5-3-2-4-6-11/h2-3,8H,4-7H2,1H3,(H,13,14)/b9-8-. The van der Waals surface area contributed by atoms with Gasteiger partial charge in [0.1, 0.15) is 0 Å².